The molecule has 2 aromatic carbocycles. The van der Waals surface area contributed by atoms with Crippen molar-refractivity contribution in [3.05, 3.63) is 64.0 Å². The number of carbonyl (C=O) groups is 1. The van der Waals surface area contributed by atoms with Gasteiger partial charge in [0, 0.05) is 5.56 Å². The summed E-state index contributed by atoms with van der Waals surface area (Å²) in [6, 6.07) is 5.90. The van der Waals surface area contributed by atoms with Gasteiger partial charge in [-0.2, -0.15) is 14.0 Å². The number of nitriles is 1. The van der Waals surface area contributed by atoms with E-state index in [2.05, 4.69) is 0 Å². The van der Waals surface area contributed by atoms with Crippen molar-refractivity contribution in [1.82, 2.24) is 0 Å². The number of carbonyl (C=O) groups excluding carboxylic acids is 1. The number of hydrogen-bond acceptors (Lipinski definition) is 5. The first kappa shape index (κ1) is 22.7. The SMILES string of the molecule is CCOC(=O)/C(C#N)=C/c1ccc(OC)c(COc2c(F)c(F)c(F)c(F)c2F)c1. The molecule has 0 aliphatic heterocycles. The summed E-state index contributed by atoms with van der Waals surface area (Å²) in [5.74, 6) is -12.9. The Morgan fingerprint density at radius 1 is 1.07 bits per heavy atom. The van der Waals surface area contributed by atoms with Crippen molar-refractivity contribution in [2.45, 2.75) is 13.5 Å². The Kier molecular flexibility index (Phi) is 7.36. The van der Waals surface area contributed by atoms with Crippen molar-refractivity contribution >= 4 is 12.0 Å². The predicted molar refractivity (Wildman–Crippen MR) is 93.8 cm³/mol. The smallest absolute Gasteiger partial charge is 0.348 e. The number of hydrogen-bond donors (Lipinski definition) is 0. The first-order valence-electron chi connectivity index (χ1n) is 8.35. The van der Waals surface area contributed by atoms with Gasteiger partial charge in [0.15, 0.2) is 5.75 Å². The summed E-state index contributed by atoms with van der Waals surface area (Å²) < 4.78 is 82.0. The third kappa shape index (κ3) is 4.68. The zero-order valence-corrected chi connectivity index (χ0v) is 15.7. The minimum Gasteiger partial charge on any atom is -0.496 e. The molecule has 0 atom stereocenters. The highest BCUT2D eigenvalue weighted by molar-refractivity contribution is 5.97. The number of rotatable bonds is 7. The molecule has 2 rings (SSSR count). The second kappa shape index (κ2) is 9.73. The molecule has 10 heteroatoms. The lowest BCUT2D eigenvalue weighted by molar-refractivity contribution is -0.137. The molecule has 0 bridgehead atoms. The van der Waals surface area contributed by atoms with E-state index in [-0.39, 0.29) is 23.5 Å². The first-order chi connectivity index (χ1) is 14.2. The average Bonchev–Trinajstić information content (AvgIpc) is 2.74. The Morgan fingerprint density at radius 3 is 2.20 bits per heavy atom. The zero-order valence-electron chi connectivity index (χ0n) is 15.7. The van der Waals surface area contributed by atoms with Gasteiger partial charge in [-0.05, 0) is 30.7 Å². The molecule has 0 N–H and O–H groups in total. The lowest BCUT2D eigenvalue weighted by Crippen LogP contribution is -2.08. The van der Waals surface area contributed by atoms with E-state index >= 15 is 0 Å². The number of ether oxygens (including phenoxy) is 3. The van der Waals surface area contributed by atoms with E-state index in [1.807, 2.05) is 0 Å². The van der Waals surface area contributed by atoms with Crippen molar-refractivity contribution in [1.29, 1.82) is 5.26 Å². The lowest BCUT2D eigenvalue weighted by Gasteiger charge is -2.13. The van der Waals surface area contributed by atoms with Crippen LogP contribution in [-0.2, 0) is 16.1 Å². The number of halogens is 5. The maximum Gasteiger partial charge on any atom is 0.348 e. The van der Waals surface area contributed by atoms with Crippen LogP contribution >= 0.6 is 0 Å². The maximum atomic E-state index is 13.8. The normalized spacial score (nSPS) is 11.1. The lowest BCUT2D eigenvalue weighted by atomic mass is 10.1. The third-order valence-corrected chi connectivity index (χ3v) is 3.77. The van der Waals surface area contributed by atoms with E-state index in [0.29, 0.717) is 5.56 Å². The number of methoxy groups -OCH3 is 1. The summed E-state index contributed by atoms with van der Waals surface area (Å²) in [5, 5.41) is 9.09. The summed E-state index contributed by atoms with van der Waals surface area (Å²) in [5.41, 5.74) is 0.140. The van der Waals surface area contributed by atoms with E-state index in [1.54, 1.807) is 13.0 Å². The van der Waals surface area contributed by atoms with Crippen LogP contribution in [0.4, 0.5) is 22.0 Å². The molecule has 30 heavy (non-hydrogen) atoms. The van der Waals surface area contributed by atoms with Crippen molar-refractivity contribution in [2.75, 3.05) is 13.7 Å². The van der Waals surface area contributed by atoms with Gasteiger partial charge in [0.25, 0.3) is 0 Å². The van der Waals surface area contributed by atoms with Gasteiger partial charge in [0.1, 0.15) is 24.0 Å². The summed E-state index contributed by atoms with van der Waals surface area (Å²) in [6.45, 7) is 0.987. The molecule has 0 saturated heterocycles. The second-order valence-corrected chi connectivity index (χ2v) is 5.65. The molecule has 0 fully saturated rings. The molecule has 0 radical (unpaired) electrons. The van der Waals surface area contributed by atoms with E-state index in [4.69, 9.17) is 19.5 Å². The number of esters is 1. The molecule has 0 aliphatic carbocycles. The summed E-state index contributed by atoms with van der Waals surface area (Å²) in [7, 11) is 1.28. The molecule has 2 aromatic rings. The highest BCUT2D eigenvalue weighted by atomic mass is 19.2. The van der Waals surface area contributed by atoms with Gasteiger partial charge in [-0.1, -0.05) is 6.07 Å². The second-order valence-electron chi connectivity index (χ2n) is 5.65. The minimum absolute atomic E-state index is 0.0570. The fraction of sp³-hybridized carbons (Fsp3) is 0.200. The minimum atomic E-state index is -2.30. The van der Waals surface area contributed by atoms with Crippen LogP contribution in [0.2, 0.25) is 0 Å². The molecule has 0 amide bonds. The van der Waals surface area contributed by atoms with Crippen LogP contribution in [0.25, 0.3) is 6.08 Å². The van der Waals surface area contributed by atoms with Gasteiger partial charge >= 0.3 is 5.97 Å². The van der Waals surface area contributed by atoms with E-state index in [1.165, 1.54) is 31.4 Å². The molecule has 0 saturated carbocycles. The average molecular weight is 427 g/mol. The largest absolute Gasteiger partial charge is 0.496 e. The Morgan fingerprint density at radius 2 is 1.67 bits per heavy atom. The Hall–Kier alpha value is -3.61. The predicted octanol–water partition coefficient (Wildman–Crippen LogP) is 4.44. The van der Waals surface area contributed by atoms with Gasteiger partial charge in [-0.25, -0.2) is 18.0 Å². The highest BCUT2D eigenvalue weighted by Crippen LogP contribution is 2.31. The van der Waals surface area contributed by atoms with Crippen LogP contribution in [0.5, 0.6) is 11.5 Å². The Balaban J connectivity index is 2.39. The summed E-state index contributed by atoms with van der Waals surface area (Å²) in [4.78, 5) is 11.7. The van der Waals surface area contributed by atoms with Gasteiger partial charge in [-0.3, -0.25) is 0 Å². The molecule has 0 aromatic heterocycles. The summed E-state index contributed by atoms with van der Waals surface area (Å²) >= 11 is 0. The molecule has 0 spiro atoms. The standard InChI is InChI=1S/C20H14F5NO4/c1-3-29-20(27)11(8-26)6-10-4-5-13(28-2)12(7-10)9-30-19-17(24)15(22)14(21)16(23)18(19)25/h4-7H,3,9H2,1-2H3/b11-6+. The fourth-order valence-electron chi connectivity index (χ4n) is 2.37. The zero-order chi connectivity index (χ0) is 22.4. The molecular formula is C20H14F5NO4. The van der Waals surface area contributed by atoms with E-state index in [0.717, 1.165) is 0 Å². The van der Waals surface area contributed by atoms with Crippen LogP contribution in [0.15, 0.2) is 23.8 Å². The molecule has 5 nitrogen and oxygen atoms in total. The van der Waals surface area contributed by atoms with E-state index in [9.17, 15) is 26.7 Å². The van der Waals surface area contributed by atoms with Gasteiger partial charge in [0.2, 0.25) is 29.1 Å². The highest BCUT2D eigenvalue weighted by Gasteiger charge is 2.27. The van der Waals surface area contributed by atoms with Crippen molar-refractivity contribution in [3.8, 4) is 17.6 Å². The maximum absolute atomic E-state index is 13.8. The first-order valence-corrected chi connectivity index (χ1v) is 8.35. The fourth-order valence-corrected chi connectivity index (χ4v) is 2.37. The molecule has 0 heterocycles. The third-order valence-electron chi connectivity index (χ3n) is 3.77. The van der Waals surface area contributed by atoms with Crippen molar-refractivity contribution in [3.63, 3.8) is 0 Å². The van der Waals surface area contributed by atoms with Crippen molar-refractivity contribution in [2.24, 2.45) is 0 Å². The number of benzene rings is 2. The quantitative estimate of drug-likeness (QED) is 0.163. The molecule has 0 unspecified atom stereocenters. The van der Waals surface area contributed by atoms with Crippen molar-refractivity contribution < 1.29 is 41.0 Å². The van der Waals surface area contributed by atoms with Gasteiger partial charge < -0.3 is 14.2 Å². The van der Waals surface area contributed by atoms with Crippen LogP contribution in [0, 0.1) is 40.4 Å². The van der Waals surface area contributed by atoms with Crippen LogP contribution in [0.1, 0.15) is 18.1 Å². The Bertz CT molecular complexity index is 1020. The van der Waals surface area contributed by atoms with Crippen LogP contribution in [0.3, 0.4) is 0 Å². The topological polar surface area (TPSA) is 68.6 Å². The van der Waals surface area contributed by atoms with Gasteiger partial charge in [-0.15, -0.1) is 0 Å². The number of nitrogens with zero attached hydrogens (tertiary/aromatic N) is 1. The molecule has 0 aliphatic rings. The van der Waals surface area contributed by atoms with Crippen LogP contribution in [-0.4, -0.2) is 19.7 Å². The van der Waals surface area contributed by atoms with E-state index < -0.39 is 47.4 Å². The summed E-state index contributed by atoms with van der Waals surface area (Å²) in [6.07, 6.45) is 1.19. The Labute approximate surface area is 167 Å². The molecule has 158 valence electrons. The van der Waals surface area contributed by atoms with Crippen LogP contribution < -0.4 is 9.47 Å². The molecular weight excluding hydrogens is 413 g/mol. The van der Waals surface area contributed by atoms with Gasteiger partial charge in [0.05, 0.1) is 13.7 Å². The monoisotopic (exact) mass is 427 g/mol.